The fourth-order valence-electron chi connectivity index (χ4n) is 2.36. The van der Waals surface area contributed by atoms with E-state index in [0.29, 0.717) is 17.5 Å². The fraction of sp³-hybridized carbons (Fsp3) is 0.222. The third kappa shape index (κ3) is 4.76. The largest absolute Gasteiger partial charge is 0.378 e. The second-order valence-electron chi connectivity index (χ2n) is 6.04. The third-order valence-corrected chi connectivity index (χ3v) is 4.80. The Bertz CT molecular complexity index is 894. The normalized spacial score (nSPS) is 10.6. The summed E-state index contributed by atoms with van der Waals surface area (Å²) < 4.78 is 1.37. The number of aromatic nitrogens is 4. The predicted octanol–water partition coefficient (Wildman–Crippen LogP) is 1.53. The molecule has 3 aromatic rings. The van der Waals surface area contributed by atoms with Gasteiger partial charge in [-0.3, -0.25) is 9.78 Å². The van der Waals surface area contributed by atoms with Gasteiger partial charge in [-0.2, -0.15) is 0 Å². The first-order valence-corrected chi connectivity index (χ1v) is 9.30. The molecule has 0 spiro atoms. The predicted molar refractivity (Wildman–Crippen MR) is 107 cm³/mol. The molecule has 1 amide bonds. The van der Waals surface area contributed by atoms with Crippen LogP contribution in [0.25, 0.3) is 11.4 Å². The van der Waals surface area contributed by atoms with Crippen LogP contribution in [-0.4, -0.2) is 45.6 Å². The minimum Gasteiger partial charge on any atom is -0.378 e. The van der Waals surface area contributed by atoms with Gasteiger partial charge in [-0.25, -0.2) is 4.68 Å². The van der Waals surface area contributed by atoms with Gasteiger partial charge in [-0.05, 0) is 29.8 Å². The monoisotopic (exact) mass is 383 g/mol. The van der Waals surface area contributed by atoms with Gasteiger partial charge in [0.05, 0.1) is 5.75 Å². The lowest BCUT2D eigenvalue weighted by Crippen LogP contribution is -2.25. The van der Waals surface area contributed by atoms with Crippen LogP contribution in [0.2, 0.25) is 0 Å². The number of carbonyl (C=O) groups excluding carboxylic acids is 1. The zero-order valence-corrected chi connectivity index (χ0v) is 16.0. The lowest BCUT2D eigenvalue weighted by Gasteiger charge is -2.12. The van der Waals surface area contributed by atoms with E-state index in [2.05, 4.69) is 20.5 Å². The fourth-order valence-corrected chi connectivity index (χ4v) is 3.05. The molecule has 0 aliphatic carbocycles. The van der Waals surface area contributed by atoms with Crippen LogP contribution in [-0.2, 0) is 11.3 Å². The number of nitrogens with one attached hydrogen (secondary N) is 1. The maximum absolute atomic E-state index is 12.1. The van der Waals surface area contributed by atoms with Crippen LogP contribution in [0.4, 0.5) is 5.69 Å². The summed E-state index contributed by atoms with van der Waals surface area (Å²) >= 11 is 1.24. The molecule has 0 radical (unpaired) electrons. The molecular weight excluding hydrogens is 362 g/mol. The van der Waals surface area contributed by atoms with Gasteiger partial charge in [-0.1, -0.05) is 23.9 Å². The number of nitrogens with two attached hydrogens (primary N) is 1. The smallest absolute Gasteiger partial charge is 0.230 e. The summed E-state index contributed by atoms with van der Waals surface area (Å²) in [5.74, 6) is 6.65. The molecule has 0 aliphatic heterocycles. The van der Waals surface area contributed by atoms with E-state index in [-0.39, 0.29) is 11.7 Å². The number of thioether (sulfide) groups is 1. The van der Waals surface area contributed by atoms with Gasteiger partial charge in [0.2, 0.25) is 11.1 Å². The van der Waals surface area contributed by atoms with Gasteiger partial charge < -0.3 is 16.1 Å². The van der Waals surface area contributed by atoms with E-state index < -0.39 is 0 Å². The minimum absolute atomic E-state index is 0.0948. The first kappa shape index (κ1) is 18.7. The number of pyridine rings is 1. The maximum atomic E-state index is 12.1. The van der Waals surface area contributed by atoms with Gasteiger partial charge in [0.25, 0.3) is 0 Å². The third-order valence-electron chi connectivity index (χ3n) is 3.86. The van der Waals surface area contributed by atoms with Crippen LogP contribution in [0, 0.1) is 0 Å². The summed E-state index contributed by atoms with van der Waals surface area (Å²) in [6.45, 7) is 0.476. The van der Waals surface area contributed by atoms with E-state index in [1.165, 1.54) is 16.4 Å². The molecule has 0 bridgehead atoms. The minimum atomic E-state index is -0.0948. The Morgan fingerprint density at radius 3 is 2.67 bits per heavy atom. The van der Waals surface area contributed by atoms with Gasteiger partial charge in [0.15, 0.2) is 5.82 Å². The molecule has 3 N–H and O–H groups in total. The second-order valence-corrected chi connectivity index (χ2v) is 6.99. The summed E-state index contributed by atoms with van der Waals surface area (Å²) in [6.07, 6.45) is 3.34. The molecular formula is C18H21N7OS. The van der Waals surface area contributed by atoms with Gasteiger partial charge in [0.1, 0.15) is 0 Å². The number of benzene rings is 1. The molecule has 2 aromatic heterocycles. The number of rotatable bonds is 7. The van der Waals surface area contributed by atoms with Crippen molar-refractivity contribution in [2.45, 2.75) is 11.7 Å². The second kappa shape index (κ2) is 8.54. The molecule has 0 unspecified atom stereocenters. The Hall–Kier alpha value is -3.07. The quantitative estimate of drug-likeness (QED) is 0.471. The summed E-state index contributed by atoms with van der Waals surface area (Å²) in [4.78, 5) is 18.2. The van der Waals surface area contributed by atoms with Gasteiger partial charge >= 0.3 is 0 Å². The summed E-state index contributed by atoms with van der Waals surface area (Å²) in [5.41, 5.74) is 2.93. The van der Waals surface area contributed by atoms with Crippen molar-refractivity contribution in [1.82, 2.24) is 25.2 Å². The van der Waals surface area contributed by atoms with Crippen LogP contribution < -0.4 is 16.1 Å². The van der Waals surface area contributed by atoms with E-state index in [0.717, 1.165) is 16.8 Å². The average molecular weight is 383 g/mol. The highest BCUT2D eigenvalue weighted by atomic mass is 32.2. The first-order chi connectivity index (χ1) is 13.0. The zero-order valence-electron chi connectivity index (χ0n) is 15.2. The molecule has 0 aliphatic rings. The molecule has 140 valence electrons. The van der Waals surface area contributed by atoms with Crippen molar-refractivity contribution in [3.8, 4) is 11.4 Å². The molecule has 9 heteroatoms. The number of nitrogens with zero attached hydrogens (tertiary/aromatic N) is 5. The summed E-state index contributed by atoms with van der Waals surface area (Å²) in [5, 5.41) is 11.5. The Kier molecular flexibility index (Phi) is 5.92. The zero-order chi connectivity index (χ0) is 19.2. The van der Waals surface area contributed by atoms with Gasteiger partial charge in [0, 0.05) is 44.3 Å². The Morgan fingerprint density at radius 1 is 1.22 bits per heavy atom. The first-order valence-electron chi connectivity index (χ1n) is 8.31. The Labute approximate surface area is 161 Å². The van der Waals surface area contributed by atoms with Crippen molar-refractivity contribution >= 4 is 23.4 Å². The van der Waals surface area contributed by atoms with E-state index in [4.69, 9.17) is 5.84 Å². The van der Waals surface area contributed by atoms with E-state index >= 15 is 0 Å². The molecule has 2 heterocycles. The Balaban J connectivity index is 1.51. The standard InChI is InChI=1S/C18H21N7OS/c1-24(2)15-7-5-13(6-8-15)10-21-16(26)12-27-18-23-22-17(25(18)19)14-4-3-9-20-11-14/h3-9,11H,10,12,19H2,1-2H3,(H,21,26). The summed E-state index contributed by atoms with van der Waals surface area (Å²) in [6, 6.07) is 11.7. The highest BCUT2D eigenvalue weighted by Crippen LogP contribution is 2.20. The molecule has 27 heavy (non-hydrogen) atoms. The molecule has 1 aromatic carbocycles. The lowest BCUT2D eigenvalue weighted by atomic mass is 10.2. The van der Waals surface area contributed by atoms with Crippen LogP contribution in [0.1, 0.15) is 5.56 Å². The van der Waals surface area contributed by atoms with Crippen molar-refractivity contribution in [2.24, 2.45) is 0 Å². The van der Waals surface area contributed by atoms with Gasteiger partial charge in [-0.15, -0.1) is 10.2 Å². The van der Waals surface area contributed by atoms with Crippen molar-refractivity contribution in [3.63, 3.8) is 0 Å². The van der Waals surface area contributed by atoms with Crippen molar-refractivity contribution in [2.75, 3.05) is 30.6 Å². The maximum Gasteiger partial charge on any atom is 0.230 e. The van der Waals surface area contributed by atoms with Crippen molar-refractivity contribution in [3.05, 3.63) is 54.4 Å². The summed E-state index contributed by atoms with van der Waals surface area (Å²) in [7, 11) is 3.98. The number of amides is 1. The number of hydrogen-bond donors (Lipinski definition) is 2. The number of carbonyl (C=O) groups is 1. The van der Waals surface area contributed by atoms with Crippen LogP contribution >= 0.6 is 11.8 Å². The molecule has 3 rings (SSSR count). The number of hydrogen-bond acceptors (Lipinski definition) is 7. The SMILES string of the molecule is CN(C)c1ccc(CNC(=O)CSc2nnc(-c3cccnc3)n2N)cc1. The average Bonchev–Trinajstić information content (AvgIpc) is 3.06. The lowest BCUT2D eigenvalue weighted by molar-refractivity contribution is -0.118. The van der Waals surface area contributed by atoms with Crippen LogP contribution in [0.5, 0.6) is 0 Å². The van der Waals surface area contributed by atoms with Crippen molar-refractivity contribution in [1.29, 1.82) is 0 Å². The molecule has 0 saturated carbocycles. The molecule has 8 nitrogen and oxygen atoms in total. The highest BCUT2D eigenvalue weighted by Gasteiger charge is 2.13. The Morgan fingerprint density at radius 2 is 2.00 bits per heavy atom. The van der Waals surface area contributed by atoms with Crippen LogP contribution in [0.15, 0.2) is 53.9 Å². The van der Waals surface area contributed by atoms with Crippen molar-refractivity contribution < 1.29 is 4.79 Å². The molecule has 0 atom stereocenters. The topological polar surface area (TPSA) is 102 Å². The molecule has 0 saturated heterocycles. The number of anilines is 1. The van der Waals surface area contributed by atoms with E-state index in [1.807, 2.05) is 49.3 Å². The highest BCUT2D eigenvalue weighted by molar-refractivity contribution is 7.99. The van der Waals surface area contributed by atoms with E-state index in [9.17, 15) is 4.79 Å². The number of nitrogen functional groups attached to an aromatic ring is 1. The van der Waals surface area contributed by atoms with E-state index in [1.54, 1.807) is 18.5 Å². The van der Waals surface area contributed by atoms with Crippen LogP contribution in [0.3, 0.4) is 0 Å². The molecule has 0 fully saturated rings.